The predicted octanol–water partition coefficient (Wildman–Crippen LogP) is 3.71. The van der Waals surface area contributed by atoms with E-state index < -0.39 is 24.7 Å². The van der Waals surface area contributed by atoms with Gasteiger partial charge in [-0.1, -0.05) is 11.6 Å². The van der Waals surface area contributed by atoms with Gasteiger partial charge in [0.1, 0.15) is 12.4 Å². The first-order chi connectivity index (χ1) is 12.5. The lowest BCUT2D eigenvalue weighted by atomic mass is 10.0. The van der Waals surface area contributed by atoms with Gasteiger partial charge in [-0.3, -0.25) is 0 Å². The van der Waals surface area contributed by atoms with E-state index in [-0.39, 0.29) is 10.9 Å². The molecule has 0 spiro atoms. The van der Waals surface area contributed by atoms with Gasteiger partial charge >= 0.3 is 12.1 Å². The molecule has 0 bridgehead atoms. The van der Waals surface area contributed by atoms with E-state index in [1.165, 1.54) is 12.3 Å². The van der Waals surface area contributed by atoms with E-state index >= 15 is 0 Å². The lowest BCUT2D eigenvalue weighted by Crippen LogP contribution is -2.44. The molecule has 3 rings (SSSR count). The van der Waals surface area contributed by atoms with Crippen LogP contribution in [0.2, 0.25) is 0 Å². The number of alkyl halides is 3. The van der Waals surface area contributed by atoms with Crippen molar-refractivity contribution in [2.75, 3.05) is 12.3 Å². The van der Waals surface area contributed by atoms with Crippen molar-refractivity contribution in [2.45, 2.75) is 12.2 Å². The van der Waals surface area contributed by atoms with Gasteiger partial charge in [-0.15, -0.1) is 0 Å². The number of aryl methyl sites for hydroxylation is 1. The zero-order valence-electron chi connectivity index (χ0n) is 13.8. The summed E-state index contributed by atoms with van der Waals surface area (Å²) in [6.45, 7) is -1.46. The van der Waals surface area contributed by atoms with Crippen LogP contribution in [0.25, 0.3) is 16.5 Å². The Balaban J connectivity index is 2.19. The lowest BCUT2D eigenvalue weighted by molar-refractivity contribution is -0.153. The second-order valence-electron chi connectivity index (χ2n) is 6.01. The second-order valence-corrected chi connectivity index (χ2v) is 7.30. The van der Waals surface area contributed by atoms with Crippen LogP contribution < -0.4 is 5.73 Å². The number of carboxylic acids is 1. The predicted molar refractivity (Wildman–Crippen MR) is 98.9 cm³/mol. The first-order valence-corrected chi connectivity index (χ1v) is 8.70. The summed E-state index contributed by atoms with van der Waals surface area (Å²) in [4.78, 5) is 16.1. The number of rotatable bonds is 3. The van der Waals surface area contributed by atoms with Crippen LogP contribution in [0.1, 0.15) is 5.56 Å². The highest BCUT2D eigenvalue weighted by Crippen LogP contribution is 2.38. The average Bonchev–Trinajstić information content (AvgIpc) is 2.87. The van der Waals surface area contributed by atoms with E-state index in [2.05, 4.69) is 20.9 Å². The number of halogens is 5. The fraction of sp³-hybridized carbons (Fsp3) is 0.250. The minimum Gasteiger partial charge on any atom is -0.479 e. The van der Waals surface area contributed by atoms with Crippen LogP contribution in [0.5, 0.6) is 0 Å². The number of fused-ring (bicyclic) bond motifs is 1. The van der Waals surface area contributed by atoms with E-state index in [0.717, 1.165) is 6.20 Å². The van der Waals surface area contributed by atoms with Crippen molar-refractivity contribution in [3.63, 3.8) is 0 Å². The standard InChI is InChI=1S/C16H13BrClF3N4O2/c1-24-5-8(11-12(24)9(17)3-23-14(11)22)7-2-10(18)13(15(26)27)25(4-7)6-16(19,20)21/h2-5,13H,6H2,1H3,(H2,22,23)(H,26,27). The molecule has 0 amide bonds. The third kappa shape index (κ3) is 3.63. The summed E-state index contributed by atoms with van der Waals surface area (Å²) >= 11 is 9.42. The molecule has 0 saturated heterocycles. The normalized spacial score (nSPS) is 17.9. The van der Waals surface area contributed by atoms with E-state index in [4.69, 9.17) is 17.3 Å². The first kappa shape index (κ1) is 19.6. The van der Waals surface area contributed by atoms with Gasteiger partial charge in [-0.05, 0) is 22.0 Å². The maximum atomic E-state index is 12.9. The van der Waals surface area contributed by atoms with Gasteiger partial charge in [-0.2, -0.15) is 13.2 Å². The van der Waals surface area contributed by atoms with Crippen LogP contribution in [0.15, 0.2) is 34.2 Å². The Morgan fingerprint density at radius 2 is 2.15 bits per heavy atom. The SMILES string of the molecule is Cn1cc(C2=CN(CC(F)(F)F)C(C(=O)O)C(Cl)=C2)c2c(N)ncc(Br)c21. The number of nitrogens with zero attached hydrogens (tertiary/aromatic N) is 3. The van der Waals surface area contributed by atoms with Crippen LogP contribution >= 0.6 is 27.5 Å². The molecule has 1 aliphatic rings. The van der Waals surface area contributed by atoms with Crippen LogP contribution in [0, 0.1) is 0 Å². The van der Waals surface area contributed by atoms with Crippen molar-refractivity contribution in [3.05, 3.63) is 39.7 Å². The Morgan fingerprint density at radius 1 is 1.48 bits per heavy atom. The number of nitrogen functional groups attached to an aromatic ring is 1. The number of aromatic nitrogens is 2. The highest BCUT2D eigenvalue weighted by Gasteiger charge is 2.38. The van der Waals surface area contributed by atoms with Gasteiger partial charge in [0.15, 0.2) is 6.04 Å². The van der Waals surface area contributed by atoms with Crippen molar-refractivity contribution < 1.29 is 23.1 Å². The minimum atomic E-state index is -4.60. The lowest BCUT2D eigenvalue weighted by Gasteiger charge is -2.31. The molecule has 3 heterocycles. The first-order valence-electron chi connectivity index (χ1n) is 7.53. The quantitative estimate of drug-likeness (QED) is 0.722. The van der Waals surface area contributed by atoms with Crippen LogP contribution in [0.3, 0.4) is 0 Å². The number of allylic oxidation sites excluding steroid dienone is 2. The van der Waals surface area contributed by atoms with Gasteiger partial charge in [0.2, 0.25) is 0 Å². The highest BCUT2D eigenvalue weighted by molar-refractivity contribution is 9.10. The largest absolute Gasteiger partial charge is 0.479 e. The number of hydrogen-bond donors (Lipinski definition) is 2. The molecule has 0 aromatic carbocycles. The summed E-state index contributed by atoms with van der Waals surface area (Å²) in [5.41, 5.74) is 7.48. The number of aliphatic carboxylic acids is 1. The summed E-state index contributed by atoms with van der Waals surface area (Å²) in [6.07, 6.45) is 1.06. The molecule has 0 aliphatic carbocycles. The monoisotopic (exact) mass is 464 g/mol. The van der Waals surface area contributed by atoms with E-state index in [1.807, 2.05) is 0 Å². The van der Waals surface area contributed by atoms with Crippen molar-refractivity contribution >= 4 is 55.8 Å². The molecular weight excluding hydrogens is 453 g/mol. The zero-order valence-corrected chi connectivity index (χ0v) is 16.1. The number of hydrogen-bond acceptors (Lipinski definition) is 4. The summed E-state index contributed by atoms with van der Waals surface area (Å²) in [5.74, 6) is -1.28. The third-order valence-corrected chi connectivity index (χ3v) is 4.98. The smallest absolute Gasteiger partial charge is 0.405 e. The van der Waals surface area contributed by atoms with Gasteiger partial charge in [0.05, 0.1) is 20.4 Å². The number of anilines is 1. The molecule has 144 valence electrons. The van der Waals surface area contributed by atoms with Crippen LogP contribution in [0.4, 0.5) is 19.0 Å². The maximum absolute atomic E-state index is 12.9. The van der Waals surface area contributed by atoms with Crippen LogP contribution in [-0.2, 0) is 11.8 Å². The highest BCUT2D eigenvalue weighted by atomic mass is 79.9. The topological polar surface area (TPSA) is 84.4 Å². The van der Waals surface area contributed by atoms with Gasteiger partial charge in [0, 0.05) is 36.8 Å². The summed E-state index contributed by atoms with van der Waals surface area (Å²) < 4.78 is 41.2. The van der Waals surface area contributed by atoms with Crippen molar-refractivity contribution in [1.29, 1.82) is 0 Å². The summed E-state index contributed by atoms with van der Waals surface area (Å²) in [5, 5.41) is 9.58. The number of carboxylic acid groups (broad SMARTS) is 1. The number of nitrogens with two attached hydrogens (primary N) is 1. The van der Waals surface area contributed by atoms with Gasteiger partial charge in [0.25, 0.3) is 0 Å². The third-order valence-electron chi connectivity index (χ3n) is 4.08. The van der Waals surface area contributed by atoms with E-state index in [0.29, 0.717) is 31.4 Å². The molecule has 3 N–H and O–H groups in total. The fourth-order valence-electron chi connectivity index (χ4n) is 3.07. The summed E-state index contributed by atoms with van der Waals surface area (Å²) in [7, 11) is 1.75. The zero-order chi connectivity index (χ0) is 20.1. The van der Waals surface area contributed by atoms with Crippen LogP contribution in [-0.4, -0.2) is 44.3 Å². The minimum absolute atomic E-state index is 0.192. The van der Waals surface area contributed by atoms with Crippen molar-refractivity contribution in [2.24, 2.45) is 7.05 Å². The summed E-state index contributed by atoms with van der Waals surface area (Å²) in [6, 6.07) is -1.62. The average molecular weight is 466 g/mol. The molecule has 1 atom stereocenters. The number of pyridine rings is 1. The Kier molecular flexibility index (Phi) is 4.89. The van der Waals surface area contributed by atoms with Crippen molar-refractivity contribution in [1.82, 2.24) is 14.5 Å². The molecule has 1 aliphatic heterocycles. The molecule has 1 unspecified atom stereocenters. The molecule has 2 aromatic heterocycles. The van der Waals surface area contributed by atoms with Gasteiger partial charge < -0.3 is 20.3 Å². The Hall–Kier alpha value is -2.20. The Bertz CT molecular complexity index is 1000. The molecule has 0 radical (unpaired) electrons. The Morgan fingerprint density at radius 3 is 2.74 bits per heavy atom. The molecule has 11 heteroatoms. The van der Waals surface area contributed by atoms with E-state index in [1.54, 1.807) is 17.8 Å². The molecule has 2 aromatic rings. The molecule has 0 saturated carbocycles. The molecule has 27 heavy (non-hydrogen) atoms. The van der Waals surface area contributed by atoms with E-state index in [9.17, 15) is 23.1 Å². The molecular formula is C16H13BrClF3N4O2. The van der Waals surface area contributed by atoms with Crippen molar-refractivity contribution in [3.8, 4) is 0 Å². The second kappa shape index (κ2) is 6.75. The maximum Gasteiger partial charge on any atom is 0.405 e. The molecule has 6 nitrogen and oxygen atoms in total. The fourth-order valence-corrected chi connectivity index (χ4v) is 3.99. The number of carbonyl (C=O) groups is 1. The Labute approximate surface area is 164 Å². The molecule has 0 fully saturated rings. The van der Waals surface area contributed by atoms with Gasteiger partial charge in [-0.25, -0.2) is 9.78 Å².